The molecule has 1 aliphatic rings. The number of nitrogens with zero attached hydrogens (tertiary/aromatic N) is 1. The first-order valence-electron chi connectivity index (χ1n) is 10.5. The van der Waals surface area contributed by atoms with E-state index in [4.69, 9.17) is 0 Å². The molecule has 0 spiro atoms. The summed E-state index contributed by atoms with van der Waals surface area (Å²) in [7, 11) is 0. The maximum atomic E-state index is 12.8. The fourth-order valence-electron chi connectivity index (χ4n) is 4.02. The van der Waals surface area contributed by atoms with Crippen molar-refractivity contribution in [2.24, 2.45) is 5.92 Å². The number of fused-ring (bicyclic) bond motifs is 1. The zero-order valence-corrected chi connectivity index (χ0v) is 17.6. The average Bonchev–Trinajstić information content (AvgIpc) is 2.73. The second kappa shape index (κ2) is 8.65. The molecule has 2 amide bonds. The summed E-state index contributed by atoms with van der Waals surface area (Å²) in [5, 5.41) is 4.63. The van der Waals surface area contributed by atoms with Gasteiger partial charge in [-0.15, -0.1) is 0 Å². The lowest BCUT2D eigenvalue weighted by molar-refractivity contribution is -0.137. The van der Waals surface area contributed by atoms with Crippen LogP contribution in [-0.4, -0.2) is 36.3 Å². The molecule has 3 aromatic rings. The van der Waals surface area contributed by atoms with Crippen LogP contribution < -0.4 is 5.32 Å². The van der Waals surface area contributed by atoms with Gasteiger partial charge in [0.25, 0.3) is 5.91 Å². The lowest BCUT2D eigenvalue weighted by Gasteiger charge is -2.38. The quantitative estimate of drug-likeness (QED) is 0.599. The number of hydrogen-bond acceptors (Lipinski definition) is 2. The van der Waals surface area contributed by atoms with Crippen molar-refractivity contribution in [3.05, 3.63) is 71.8 Å². The maximum Gasteiger partial charge on any atom is 0.416 e. The van der Waals surface area contributed by atoms with E-state index in [-0.39, 0.29) is 11.8 Å². The highest BCUT2D eigenvalue weighted by Crippen LogP contribution is 2.33. The summed E-state index contributed by atoms with van der Waals surface area (Å²) in [6, 6.07) is 16.0. The van der Waals surface area contributed by atoms with Crippen LogP contribution in [-0.2, 0) is 11.0 Å². The zero-order chi connectivity index (χ0) is 22.9. The molecular weight excluding hydrogens is 417 g/mol. The van der Waals surface area contributed by atoms with E-state index in [0.29, 0.717) is 23.6 Å². The molecule has 0 unspecified atom stereocenters. The SMILES string of the molecule is CC(=O)N1CC(CCNC(=O)c2ccc3c(-c4ccc(C(F)(F)F)cc4)cccc3c2)C1. The fraction of sp³-hybridized carbons (Fsp3) is 0.280. The second-order valence-electron chi connectivity index (χ2n) is 8.15. The predicted molar refractivity (Wildman–Crippen MR) is 117 cm³/mol. The Morgan fingerprint density at radius 3 is 2.41 bits per heavy atom. The molecule has 3 aromatic carbocycles. The minimum atomic E-state index is -4.37. The van der Waals surface area contributed by atoms with Gasteiger partial charge in [-0.3, -0.25) is 9.59 Å². The van der Waals surface area contributed by atoms with E-state index >= 15 is 0 Å². The number of benzene rings is 3. The van der Waals surface area contributed by atoms with Crippen molar-refractivity contribution in [2.45, 2.75) is 19.5 Å². The number of likely N-dealkylation sites (tertiary alicyclic amines) is 1. The summed E-state index contributed by atoms with van der Waals surface area (Å²) in [6.07, 6.45) is -3.55. The first-order valence-corrected chi connectivity index (χ1v) is 10.5. The van der Waals surface area contributed by atoms with Gasteiger partial charge in [-0.05, 0) is 58.5 Å². The standard InChI is InChI=1S/C25H23F3N2O2/c1-16(31)30-14-17(15-30)11-12-29-24(32)20-7-10-23-19(13-20)3-2-4-22(23)18-5-8-21(9-6-18)25(26,27)28/h2-10,13,17H,11-12,14-15H2,1H3,(H,29,32). The molecule has 32 heavy (non-hydrogen) atoms. The summed E-state index contributed by atoms with van der Waals surface area (Å²) >= 11 is 0. The van der Waals surface area contributed by atoms with Gasteiger partial charge in [0.15, 0.2) is 0 Å². The fourth-order valence-corrected chi connectivity index (χ4v) is 4.02. The van der Waals surface area contributed by atoms with Gasteiger partial charge in [-0.2, -0.15) is 13.2 Å². The number of halogens is 3. The Morgan fingerprint density at radius 1 is 1.03 bits per heavy atom. The van der Waals surface area contributed by atoms with E-state index in [1.807, 2.05) is 24.3 Å². The van der Waals surface area contributed by atoms with E-state index in [1.165, 1.54) is 12.1 Å². The Bertz CT molecular complexity index is 1150. The van der Waals surface area contributed by atoms with Gasteiger partial charge in [-0.25, -0.2) is 0 Å². The predicted octanol–water partition coefficient (Wildman–Crippen LogP) is 5.12. The molecule has 1 fully saturated rings. The Kier molecular flexibility index (Phi) is 5.91. The van der Waals surface area contributed by atoms with E-state index in [9.17, 15) is 22.8 Å². The number of nitrogens with one attached hydrogen (secondary N) is 1. The minimum absolute atomic E-state index is 0.0807. The maximum absolute atomic E-state index is 12.8. The Balaban J connectivity index is 1.44. The molecule has 4 rings (SSSR count). The van der Waals surface area contributed by atoms with Crippen molar-refractivity contribution in [3.63, 3.8) is 0 Å². The van der Waals surface area contributed by atoms with Crippen molar-refractivity contribution in [3.8, 4) is 11.1 Å². The second-order valence-corrected chi connectivity index (χ2v) is 8.15. The molecular formula is C25H23F3N2O2. The van der Waals surface area contributed by atoms with E-state index < -0.39 is 11.7 Å². The van der Waals surface area contributed by atoms with Crippen LogP contribution >= 0.6 is 0 Å². The van der Waals surface area contributed by atoms with E-state index in [2.05, 4.69) is 5.32 Å². The van der Waals surface area contributed by atoms with Gasteiger partial charge in [0.2, 0.25) is 5.91 Å². The molecule has 1 N–H and O–H groups in total. The van der Waals surface area contributed by atoms with Gasteiger partial charge in [0, 0.05) is 32.1 Å². The van der Waals surface area contributed by atoms with E-state index in [1.54, 1.807) is 24.0 Å². The van der Waals surface area contributed by atoms with Crippen LogP contribution in [0.3, 0.4) is 0 Å². The summed E-state index contributed by atoms with van der Waals surface area (Å²) in [4.78, 5) is 25.6. The molecule has 0 radical (unpaired) electrons. The Morgan fingerprint density at radius 2 is 1.75 bits per heavy atom. The van der Waals surface area contributed by atoms with Crippen LogP contribution in [0.4, 0.5) is 13.2 Å². The smallest absolute Gasteiger partial charge is 0.352 e. The summed E-state index contributed by atoms with van der Waals surface area (Å²) in [5.74, 6) is 0.328. The molecule has 0 aliphatic carbocycles. The third-order valence-corrected chi connectivity index (χ3v) is 5.91. The number of carbonyl (C=O) groups excluding carboxylic acids is 2. The van der Waals surface area contributed by atoms with Crippen molar-refractivity contribution in [2.75, 3.05) is 19.6 Å². The Labute approximate surface area is 184 Å². The lowest BCUT2D eigenvalue weighted by Crippen LogP contribution is -2.49. The monoisotopic (exact) mass is 440 g/mol. The lowest BCUT2D eigenvalue weighted by atomic mass is 9.95. The van der Waals surface area contributed by atoms with Gasteiger partial charge < -0.3 is 10.2 Å². The highest BCUT2D eigenvalue weighted by atomic mass is 19.4. The normalized spacial score (nSPS) is 14.3. The first kappa shape index (κ1) is 21.9. The summed E-state index contributed by atoms with van der Waals surface area (Å²) < 4.78 is 38.5. The molecule has 7 heteroatoms. The van der Waals surface area contributed by atoms with Gasteiger partial charge in [0.05, 0.1) is 5.56 Å². The largest absolute Gasteiger partial charge is 0.416 e. The van der Waals surface area contributed by atoms with Crippen LogP contribution in [0.15, 0.2) is 60.7 Å². The summed E-state index contributed by atoms with van der Waals surface area (Å²) in [6.45, 7) is 3.58. The van der Waals surface area contributed by atoms with Crippen molar-refractivity contribution >= 4 is 22.6 Å². The average molecular weight is 440 g/mol. The molecule has 0 aromatic heterocycles. The number of amides is 2. The van der Waals surface area contributed by atoms with Crippen molar-refractivity contribution < 1.29 is 22.8 Å². The van der Waals surface area contributed by atoms with Crippen LogP contribution in [0, 0.1) is 5.92 Å². The molecule has 0 bridgehead atoms. The highest BCUT2D eigenvalue weighted by molar-refractivity contribution is 6.02. The molecule has 166 valence electrons. The number of rotatable bonds is 5. The zero-order valence-electron chi connectivity index (χ0n) is 17.6. The number of alkyl halides is 3. The van der Waals surface area contributed by atoms with Crippen LogP contribution in [0.1, 0.15) is 29.3 Å². The topological polar surface area (TPSA) is 49.4 Å². The van der Waals surface area contributed by atoms with Crippen molar-refractivity contribution in [1.82, 2.24) is 10.2 Å². The first-order chi connectivity index (χ1) is 15.2. The molecule has 1 heterocycles. The molecule has 0 atom stereocenters. The third kappa shape index (κ3) is 4.61. The number of carbonyl (C=O) groups is 2. The van der Waals surface area contributed by atoms with E-state index in [0.717, 1.165) is 48.0 Å². The molecule has 1 saturated heterocycles. The highest BCUT2D eigenvalue weighted by Gasteiger charge is 2.30. The van der Waals surface area contributed by atoms with Crippen LogP contribution in [0.25, 0.3) is 21.9 Å². The Hall–Kier alpha value is -3.35. The third-order valence-electron chi connectivity index (χ3n) is 5.91. The van der Waals surface area contributed by atoms with Gasteiger partial charge in [-0.1, -0.05) is 36.4 Å². The van der Waals surface area contributed by atoms with Crippen LogP contribution in [0.5, 0.6) is 0 Å². The molecule has 4 nitrogen and oxygen atoms in total. The van der Waals surface area contributed by atoms with Gasteiger partial charge in [0.1, 0.15) is 0 Å². The molecule has 1 aliphatic heterocycles. The van der Waals surface area contributed by atoms with Gasteiger partial charge >= 0.3 is 6.18 Å². The summed E-state index contributed by atoms with van der Waals surface area (Å²) in [5.41, 5.74) is 1.33. The number of hydrogen-bond donors (Lipinski definition) is 1. The van der Waals surface area contributed by atoms with Crippen LogP contribution in [0.2, 0.25) is 0 Å². The van der Waals surface area contributed by atoms with Crippen molar-refractivity contribution in [1.29, 1.82) is 0 Å². The minimum Gasteiger partial charge on any atom is -0.352 e. The molecule has 0 saturated carbocycles.